The van der Waals surface area contributed by atoms with E-state index in [1.54, 1.807) is 12.1 Å². The number of aromatic amines is 1. The Labute approximate surface area is 172 Å². The van der Waals surface area contributed by atoms with E-state index in [4.69, 9.17) is 5.26 Å². The third-order valence-corrected chi connectivity index (χ3v) is 5.44. The van der Waals surface area contributed by atoms with Gasteiger partial charge in [0.1, 0.15) is 5.65 Å². The van der Waals surface area contributed by atoms with E-state index < -0.39 is 0 Å². The Kier molecular flexibility index (Phi) is 4.00. The zero-order valence-electron chi connectivity index (χ0n) is 16.6. The average Bonchev–Trinajstić information content (AvgIpc) is 3.10. The van der Waals surface area contributed by atoms with Crippen LogP contribution < -0.4 is 5.56 Å². The smallest absolute Gasteiger partial charge is 0.282 e. The number of nitrogens with one attached hydrogen (secondary N) is 1. The first kappa shape index (κ1) is 17.9. The highest BCUT2D eigenvalue weighted by Crippen LogP contribution is 2.29. The van der Waals surface area contributed by atoms with Crippen LogP contribution in [-0.2, 0) is 0 Å². The Bertz CT molecular complexity index is 1520. The van der Waals surface area contributed by atoms with E-state index in [1.165, 1.54) is 10.1 Å². The molecule has 3 aromatic carbocycles. The minimum atomic E-state index is -0.147. The molecule has 2 heterocycles. The van der Waals surface area contributed by atoms with Gasteiger partial charge in [0.05, 0.1) is 28.2 Å². The molecule has 0 radical (unpaired) electrons. The molecular weight excluding hydrogens is 372 g/mol. The van der Waals surface area contributed by atoms with Crippen LogP contribution in [0.5, 0.6) is 0 Å². The van der Waals surface area contributed by atoms with Crippen molar-refractivity contribution in [2.24, 2.45) is 0 Å². The van der Waals surface area contributed by atoms with Crippen molar-refractivity contribution in [1.82, 2.24) is 14.6 Å². The molecule has 0 spiro atoms. The van der Waals surface area contributed by atoms with Crippen molar-refractivity contribution in [3.63, 3.8) is 0 Å². The molecule has 0 amide bonds. The predicted octanol–water partition coefficient (Wildman–Crippen LogP) is 5.00. The Morgan fingerprint density at radius 3 is 2.27 bits per heavy atom. The largest absolute Gasteiger partial charge is 0.339 e. The number of H-pyrrole nitrogens is 1. The number of benzene rings is 3. The van der Waals surface area contributed by atoms with E-state index in [0.717, 1.165) is 33.5 Å². The Balaban J connectivity index is 1.75. The fraction of sp³-hybridized carbons (Fsp3) is 0.0800. The summed E-state index contributed by atoms with van der Waals surface area (Å²) in [5.41, 5.74) is 7.80. The highest BCUT2D eigenvalue weighted by molar-refractivity contribution is 5.88. The lowest BCUT2D eigenvalue weighted by Gasteiger charge is -2.07. The number of fused-ring (bicyclic) bond motifs is 2. The van der Waals surface area contributed by atoms with Gasteiger partial charge in [-0.05, 0) is 54.8 Å². The van der Waals surface area contributed by atoms with Crippen molar-refractivity contribution in [2.45, 2.75) is 13.8 Å². The van der Waals surface area contributed by atoms with E-state index in [1.807, 2.05) is 44.2 Å². The normalized spacial score (nSPS) is 11.1. The van der Waals surface area contributed by atoms with Gasteiger partial charge in [-0.25, -0.2) is 0 Å². The van der Waals surface area contributed by atoms with Crippen molar-refractivity contribution in [3.8, 4) is 28.3 Å². The van der Waals surface area contributed by atoms with Crippen molar-refractivity contribution >= 4 is 16.6 Å². The number of hydrogen-bond acceptors (Lipinski definition) is 3. The molecule has 144 valence electrons. The molecule has 30 heavy (non-hydrogen) atoms. The van der Waals surface area contributed by atoms with E-state index in [2.05, 4.69) is 40.4 Å². The lowest BCUT2D eigenvalue weighted by Crippen LogP contribution is -2.15. The molecule has 0 fully saturated rings. The number of aromatic nitrogens is 3. The van der Waals surface area contributed by atoms with Gasteiger partial charge in [-0.2, -0.15) is 14.9 Å². The summed E-state index contributed by atoms with van der Waals surface area (Å²) < 4.78 is 1.45. The van der Waals surface area contributed by atoms with Crippen LogP contribution in [0.25, 0.3) is 38.8 Å². The number of nitriles is 1. The predicted molar refractivity (Wildman–Crippen MR) is 118 cm³/mol. The fourth-order valence-electron chi connectivity index (χ4n) is 3.85. The Morgan fingerprint density at radius 2 is 1.57 bits per heavy atom. The zero-order valence-corrected chi connectivity index (χ0v) is 16.6. The number of nitrogens with zero attached hydrogens (tertiary/aromatic N) is 3. The van der Waals surface area contributed by atoms with Crippen LogP contribution in [0.2, 0.25) is 0 Å². The molecular formula is C25H18N4O. The van der Waals surface area contributed by atoms with Crippen LogP contribution in [0.3, 0.4) is 0 Å². The first-order chi connectivity index (χ1) is 14.5. The van der Waals surface area contributed by atoms with E-state index in [9.17, 15) is 4.79 Å². The van der Waals surface area contributed by atoms with Crippen LogP contribution in [0.15, 0.2) is 71.5 Å². The van der Waals surface area contributed by atoms with Gasteiger partial charge in [0.15, 0.2) is 0 Å². The van der Waals surface area contributed by atoms with Crippen LogP contribution in [-0.4, -0.2) is 14.6 Å². The summed E-state index contributed by atoms with van der Waals surface area (Å²) >= 11 is 0. The first-order valence-electron chi connectivity index (χ1n) is 9.68. The molecule has 2 aromatic heterocycles. The van der Waals surface area contributed by atoms with E-state index >= 15 is 0 Å². The second kappa shape index (κ2) is 6.71. The summed E-state index contributed by atoms with van der Waals surface area (Å²) in [5.74, 6) is 0. The molecule has 0 aliphatic heterocycles. The molecule has 5 aromatic rings. The molecule has 0 unspecified atom stereocenters. The van der Waals surface area contributed by atoms with Gasteiger partial charge in [0, 0.05) is 5.56 Å². The van der Waals surface area contributed by atoms with Crippen LogP contribution in [0.1, 0.15) is 16.8 Å². The van der Waals surface area contributed by atoms with Gasteiger partial charge >= 0.3 is 0 Å². The molecule has 0 saturated carbocycles. The van der Waals surface area contributed by atoms with Crippen molar-refractivity contribution in [2.75, 3.05) is 0 Å². The van der Waals surface area contributed by atoms with Crippen molar-refractivity contribution in [1.29, 1.82) is 5.26 Å². The second-order valence-corrected chi connectivity index (χ2v) is 7.47. The SMILES string of the molecule is Cc1ccc(-c2c(C)nn3c(=O)c4ccc(-c5ccc(C#N)cc5)cc4[nH]c23)cc1. The highest BCUT2D eigenvalue weighted by Gasteiger charge is 2.16. The van der Waals surface area contributed by atoms with Crippen LogP contribution in [0, 0.1) is 25.2 Å². The third-order valence-electron chi connectivity index (χ3n) is 5.44. The van der Waals surface area contributed by atoms with Gasteiger partial charge < -0.3 is 4.98 Å². The number of rotatable bonds is 2. The minimum absolute atomic E-state index is 0.147. The van der Waals surface area contributed by atoms with Crippen molar-refractivity contribution in [3.05, 3.63) is 93.9 Å². The van der Waals surface area contributed by atoms with Gasteiger partial charge in [0.25, 0.3) is 5.56 Å². The molecule has 0 aliphatic carbocycles. The Morgan fingerprint density at radius 1 is 0.900 bits per heavy atom. The molecule has 5 rings (SSSR count). The highest BCUT2D eigenvalue weighted by atomic mass is 16.1. The summed E-state index contributed by atoms with van der Waals surface area (Å²) in [6, 6.07) is 23.5. The summed E-state index contributed by atoms with van der Waals surface area (Å²) in [7, 11) is 0. The quantitative estimate of drug-likeness (QED) is 0.461. The maximum atomic E-state index is 13.1. The summed E-state index contributed by atoms with van der Waals surface area (Å²) in [6.07, 6.45) is 0. The summed E-state index contributed by atoms with van der Waals surface area (Å²) in [6.45, 7) is 3.97. The summed E-state index contributed by atoms with van der Waals surface area (Å²) in [4.78, 5) is 16.5. The number of hydrogen-bond donors (Lipinski definition) is 1. The van der Waals surface area contributed by atoms with E-state index in [-0.39, 0.29) is 5.56 Å². The topological polar surface area (TPSA) is 74.0 Å². The van der Waals surface area contributed by atoms with Gasteiger partial charge in [-0.15, -0.1) is 0 Å². The maximum Gasteiger partial charge on any atom is 0.282 e. The van der Waals surface area contributed by atoms with Gasteiger partial charge in [0.2, 0.25) is 0 Å². The van der Waals surface area contributed by atoms with Gasteiger partial charge in [-0.1, -0.05) is 48.0 Å². The third kappa shape index (κ3) is 2.78. The standard InChI is InChI=1S/C25H18N4O/c1-15-3-7-19(8-4-15)23-16(2)28-29-24(23)27-22-13-20(11-12-21(22)25(29)30)18-9-5-17(14-26)6-10-18/h3-13,27H,1-2H3. The fourth-order valence-corrected chi connectivity index (χ4v) is 3.85. The molecule has 0 saturated heterocycles. The average molecular weight is 390 g/mol. The molecule has 5 nitrogen and oxygen atoms in total. The maximum absolute atomic E-state index is 13.1. The monoisotopic (exact) mass is 390 g/mol. The molecule has 0 atom stereocenters. The minimum Gasteiger partial charge on any atom is -0.339 e. The van der Waals surface area contributed by atoms with Gasteiger partial charge in [-0.3, -0.25) is 4.79 Å². The molecule has 1 N–H and O–H groups in total. The molecule has 0 aliphatic rings. The van der Waals surface area contributed by atoms with E-state index in [0.29, 0.717) is 16.6 Å². The second-order valence-electron chi connectivity index (χ2n) is 7.47. The van der Waals surface area contributed by atoms with Crippen molar-refractivity contribution < 1.29 is 0 Å². The summed E-state index contributed by atoms with van der Waals surface area (Å²) in [5, 5.41) is 14.1. The Hall–Kier alpha value is -4.17. The van der Waals surface area contributed by atoms with Crippen LogP contribution >= 0.6 is 0 Å². The van der Waals surface area contributed by atoms with Crippen LogP contribution in [0.4, 0.5) is 0 Å². The first-order valence-corrected chi connectivity index (χ1v) is 9.68. The molecule has 5 heteroatoms. The number of aryl methyl sites for hydroxylation is 2. The zero-order chi connectivity index (χ0) is 20.8. The molecule has 0 bridgehead atoms. The lowest BCUT2D eigenvalue weighted by molar-refractivity contribution is 0.895. The lowest BCUT2D eigenvalue weighted by atomic mass is 10.0.